The number of hydrogen-bond acceptors (Lipinski definition) is 4. The second kappa shape index (κ2) is 7.60. The zero-order chi connectivity index (χ0) is 17.9. The molecule has 5 nitrogen and oxygen atoms in total. The van der Waals surface area contributed by atoms with E-state index in [0.29, 0.717) is 0 Å². The number of carbonyl (C=O) groups excluding carboxylic acids is 1. The summed E-state index contributed by atoms with van der Waals surface area (Å²) in [7, 11) is -3.82. The molecule has 2 aromatic rings. The van der Waals surface area contributed by atoms with Crippen LogP contribution in [0.25, 0.3) is 0 Å². The fourth-order valence-corrected chi connectivity index (χ4v) is 4.45. The van der Waals surface area contributed by atoms with Crippen molar-refractivity contribution in [2.75, 3.05) is 5.32 Å². The molecule has 1 aromatic carbocycles. The summed E-state index contributed by atoms with van der Waals surface area (Å²) in [6, 6.07) is 5.82. The Balaban J connectivity index is 2.19. The second-order valence-electron chi connectivity index (χ2n) is 5.39. The van der Waals surface area contributed by atoms with Gasteiger partial charge in [0.2, 0.25) is 5.91 Å². The molecule has 2 rings (SSSR count). The van der Waals surface area contributed by atoms with E-state index >= 15 is 0 Å². The molecule has 0 saturated heterocycles. The van der Waals surface area contributed by atoms with E-state index in [1.807, 2.05) is 0 Å². The van der Waals surface area contributed by atoms with Crippen molar-refractivity contribution in [2.24, 2.45) is 5.92 Å². The van der Waals surface area contributed by atoms with Crippen LogP contribution in [0, 0.1) is 11.7 Å². The van der Waals surface area contributed by atoms with Crippen molar-refractivity contribution in [3.8, 4) is 0 Å². The first kappa shape index (κ1) is 18.9. The number of halogens is 2. The summed E-state index contributed by atoms with van der Waals surface area (Å²) in [4.78, 5) is 12.4. The average Bonchev–Trinajstić information content (AvgIpc) is 3.02. The SMILES string of the molecule is CC(C)C(NS(=O)(=O)c1cccs1)C(=O)Nc1ccc(Cl)cc1F. The lowest BCUT2D eigenvalue weighted by Gasteiger charge is -2.21. The number of hydrogen-bond donors (Lipinski definition) is 2. The van der Waals surface area contributed by atoms with Crippen molar-refractivity contribution >= 4 is 44.6 Å². The Hall–Kier alpha value is -1.48. The van der Waals surface area contributed by atoms with Gasteiger partial charge in [0.1, 0.15) is 16.1 Å². The summed E-state index contributed by atoms with van der Waals surface area (Å²) in [5.74, 6) is -1.68. The van der Waals surface area contributed by atoms with Crippen LogP contribution in [-0.2, 0) is 14.8 Å². The fraction of sp³-hybridized carbons (Fsp3) is 0.267. The lowest BCUT2D eigenvalue weighted by Crippen LogP contribution is -2.46. The normalized spacial score (nSPS) is 13.0. The third-order valence-electron chi connectivity index (χ3n) is 3.18. The molecule has 1 heterocycles. The fourth-order valence-electron chi connectivity index (χ4n) is 1.94. The minimum Gasteiger partial charge on any atom is -0.322 e. The van der Waals surface area contributed by atoms with Crippen molar-refractivity contribution in [3.05, 3.63) is 46.6 Å². The van der Waals surface area contributed by atoms with Gasteiger partial charge in [-0.1, -0.05) is 31.5 Å². The van der Waals surface area contributed by atoms with Crippen molar-refractivity contribution in [1.29, 1.82) is 0 Å². The lowest BCUT2D eigenvalue weighted by atomic mass is 10.0. The van der Waals surface area contributed by atoms with Gasteiger partial charge >= 0.3 is 0 Å². The Kier molecular flexibility index (Phi) is 5.97. The molecular formula is C15H16ClFN2O3S2. The van der Waals surface area contributed by atoms with E-state index in [1.165, 1.54) is 18.2 Å². The third-order valence-corrected chi connectivity index (χ3v) is 6.25. The first-order valence-electron chi connectivity index (χ1n) is 7.02. The monoisotopic (exact) mass is 390 g/mol. The summed E-state index contributed by atoms with van der Waals surface area (Å²) < 4.78 is 40.9. The van der Waals surface area contributed by atoms with Gasteiger partial charge in [0.25, 0.3) is 10.0 Å². The van der Waals surface area contributed by atoms with Gasteiger partial charge in [-0.2, -0.15) is 4.72 Å². The average molecular weight is 391 g/mol. The molecule has 1 atom stereocenters. The Labute approximate surface area is 148 Å². The Morgan fingerprint density at radius 3 is 2.54 bits per heavy atom. The number of thiophene rings is 1. The van der Waals surface area contributed by atoms with E-state index in [1.54, 1.807) is 25.3 Å². The van der Waals surface area contributed by atoms with Gasteiger partial charge in [-0.25, -0.2) is 12.8 Å². The molecule has 0 aliphatic rings. The van der Waals surface area contributed by atoms with Crippen LogP contribution in [0.5, 0.6) is 0 Å². The maximum Gasteiger partial charge on any atom is 0.250 e. The second-order valence-corrected chi connectivity index (χ2v) is 8.71. The molecule has 0 radical (unpaired) electrons. The summed E-state index contributed by atoms with van der Waals surface area (Å²) in [5.41, 5.74) is -0.0645. The minimum absolute atomic E-state index is 0.0645. The number of sulfonamides is 1. The molecule has 0 aliphatic heterocycles. The minimum atomic E-state index is -3.82. The first-order chi connectivity index (χ1) is 11.2. The predicted molar refractivity (Wildman–Crippen MR) is 93.3 cm³/mol. The Morgan fingerprint density at radius 2 is 2.00 bits per heavy atom. The molecule has 0 bridgehead atoms. The topological polar surface area (TPSA) is 75.3 Å². The van der Waals surface area contributed by atoms with Crippen molar-refractivity contribution in [2.45, 2.75) is 24.1 Å². The first-order valence-corrected chi connectivity index (χ1v) is 9.76. The highest BCUT2D eigenvalue weighted by Gasteiger charge is 2.29. The molecule has 9 heteroatoms. The Bertz CT molecular complexity index is 823. The van der Waals surface area contributed by atoms with Crippen LogP contribution in [0.1, 0.15) is 13.8 Å². The Morgan fingerprint density at radius 1 is 1.29 bits per heavy atom. The highest BCUT2D eigenvalue weighted by molar-refractivity contribution is 7.91. The quantitative estimate of drug-likeness (QED) is 0.792. The standard InChI is InChI=1S/C15H16ClFN2O3S2/c1-9(2)14(19-24(21,22)13-4-3-7-23-13)15(20)18-12-6-5-10(16)8-11(12)17/h3-9,14,19H,1-2H3,(H,18,20). The molecule has 0 saturated carbocycles. The van der Waals surface area contributed by atoms with Gasteiger partial charge in [-0.3, -0.25) is 4.79 Å². The molecular weight excluding hydrogens is 375 g/mol. The van der Waals surface area contributed by atoms with E-state index in [4.69, 9.17) is 11.6 Å². The number of rotatable bonds is 6. The van der Waals surface area contributed by atoms with Gasteiger partial charge in [0, 0.05) is 5.02 Å². The molecule has 24 heavy (non-hydrogen) atoms. The summed E-state index contributed by atoms with van der Waals surface area (Å²) >= 11 is 6.71. The van der Waals surface area contributed by atoms with Crippen LogP contribution >= 0.6 is 22.9 Å². The van der Waals surface area contributed by atoms with Crippen molar-refractivity contribution < 1.29 is 17.6 Å². The molecule has 130 valence electrons. The molecule has 0 fully saturated rings. The number of benzene rings is 1. The zero-order valence-electron chi connectivity index (χ0n) is 12.9. The van der Waals surface area contributed by atoms with E-state index in [2.05, 4.69) is 10.0 Å². The largest absolute Gasteiger partial charge is 0.322 e. The van der Waals surface area contributed by atoms with E-state index < -0.39 is 27.8 Å². The number of nitrogens with one attached hydrogen (secondary N) is 2. The molecule has 0 aliphatic carbocycles. The summed E-state index contributed by atoms with van der Waals surface area (Å²) in [5, 5.41) is 4.22. The van der Waals surface area contributed by atoms with Crippen LogP contribution in [0.3, 0.4) is 0 Å². The van der Waals surface area contributed by atoms with Crippen LogP contribution in [-0.4, -0.2) is 20.4 Å². The van der Waals surface area contributed by atoms with Crippen molar-refractivity contribution in [3.63, 3.8) is 0 Å². The van der Waals surface area contributed by atoms with Crippen LogP contribution in [0.15, 0.2) is 39.9 Å². The highest BCUT2D eigenvalue weighted by Crippen LogP contribution is 2.21. The molecule has 1 amide bonds. The van der Waals surface area contributed by atoms with Crippen molar-refractivity contribution in [1.82, 2.24) is 4.72 Å². The predicted octanol–water partition coefficient (Wildman–Crippen LogP) is 3.48. The molecule has 0 spiro atoms. The number of carbonyl (C=O) groups is 1. The van der Waals surface area contributed by atoms with Crippen LogP contribution in [0.4, 0.5) is 10.1 Å². The highest BCUT2D eigenvalue weighted by atomic mass is 35.5. The number of amides is 1. The summed E-state index contributed by atoms with van der Waals surface area (Å²) in [6.45, 7) is 3.39. The summed E-state index contributed by atoms with van der Waals surface area (Å²) in [6.07, 6.45) is 0. The smallest absolute Gasteiger partial charge is 0.250 e. The molecule has 2 N–H and O–H groups in total. The van der Waals surface area contributed by atoms with Gasteiger partial charge < -0.3 is 5.32 Å². The van der Waals surface area contributed by atoms with Gasteiger partial charge in [0.15, 0.2) is 0 Å². The lowest BCUT2D eigenvalue weighted by molar-refractivity contribution is -0.118. The van der Waals surface area contributed by atoms with Gasteiger partial charge in [-0.15, -0.1) is 11.3 Å². The van der Waals surface area contributed by atoms with Gasteiger partial charge in [-0.05, 0) is 35.6 Å². The molecule has 1 aromatic heterocycles. The molecule has 1 unspecified atom stereocenters. The number of anilines is 1. The van der Waals surface area contributed by atoms with E-state index in [9.17, 15) is 17.6 Å². The maximum atomic E-state index is 13.8. The van der Waals surface area contributed by atoms with E-state index in [0.717, 1.165) is 17.4 Å². The zero-order valence-corrected chi connectivity index (χ0v) is 15.3. The van der Waals surface area contributed by atoms with Gasteiger partial charge in [0.05, 0.1) is 5.69 Å². The third kappa shape index (κ3) is 4.54. The maximum absolute atomic E-state index is 13.8. The van der Waals surface area contributed by atoms with Crippen LogP contribution < -0.4 is 10.0 Å². The van der Waals surface area contributed by atoms with E-state index in [-0.39, 0.29) is 20.8 Å². The van der Waals surface area contributed by atoms with Crippen LogP contribution in [0.2, 0.25) is 5.02 Å².